The van der Waals surface area contributed by atoms with E-state index in [-0.39, 0.29) is 5.78 Å². The number of hydrogen-bond acceptors (Lipinski definition) is 8. The summed E-state index contributed by atoms with van der Waals surface area (Å²) in [5, 5.41) is 0. The smallest absolute Gasteiger partial charge is 0.135 e. The molecule has 202 valence electrons. The average molecular weight is 564 g/mol. The minimum Gasteiger partial charge on any atom is -0.494 e. The van der Waals surface area contributed by atoms with E-state index >= 15 is 0 Å². The number of rotatable bonds is 26. The number of Topliss-reactive ketones (excluding diaryl/α,β-unsaturated/α-hetero) is 1. The minimum atomic E-state index is 0.243. The molecule has 0 amide bonds. The molecule has 0 aromatic heterocycles. The molecule has 0 aliphatic rings. The first-order chi connectivity index (χ1) is 17.2. The van der Waals surface area contributed by atoms with Crippen LogP contribution in [-0.4, -0.2) is 91.7 Å². The van der Waals surface area contributed by atoms with Gasteiger partial charge in [0.25, 0.3) is 0 Å². The third-order valence-corrected chi connectivity index (χ3v) is 5.30. The number of halogens is 1. The van der Waals surface area contributed by atoms with Gasteiger partial charge in [-0.15, -0.1) is 0 Å². The molecule has 1 aromatic rings. The number of ether oxygens (including phenoxy) is 7. The lowest BCUT2D eigenvalue weighted by atomic mass is 10.1. The van der Waals surface area contributed by atoms with Gasteiger partial charge in [0, 0.05) is 23.9 Å². The zero-order valence-electron chi connectivity index (χ0n) is 21.2. The van der Waals surface area contributed by atoms with Crippen molar-refractivity contribution in [3.05, 3.63) is 28.7 Å². The number of carbonyl (C=O) groups is 1. The first-order valence-electron chi connectivity index (χ1n) is 12.6. The third kappa shape index (κ3) is 21.9. The highest BCUT2D eigenvalue weighted by Gasteiger charge is 2.02. The summed E-state index contributed by atoms with van der Waals surface area (Å²) in [6, 6.07) is 7.80. The van der Waals surface area contributed by atoms with Gasteiger partial charge in [-0.2, -0.15) is 0 Å². The largest absolute Gasteiger partial charge is 0.494 e. The molecule has 0 aliphatic carbocycles. The van der Waals surface area contributed by atoms with Gasteiger partial charge >= 0.3 is 0 Å². The zero-order valence-corrected chi connectivity index (χ0v) is 22.8. The monoisotopic (exact) mass is 562 g/mol. The molecule has 0 atom stereocenters. The van der Waals surface area contributed by atoms with E-state index in [1.807, 2.05) is 31.2 Å². The van der Waals surface area contributed by atoms with Crippen LogP contribution < -0.4 is 4.74 Å². The summed E-state index contributed by atoms with van der Waals surface area (Å²) >= 11 is 3.40. The Morgan fingerprint density at radius 3 is 1.60 bits per heavy atom. The summed E-state index contributed by atoms with van der Waals surface area (Å²) < 4.78 is 39.0. The van der Waals surface area contributed by atoms with Gasteiger partial charge in [-0.05, 0) is 50.5 Å². The summed E-state index contributed by atoms with van der Waals surface area (Å²) in [4.78, 5) is 11.9. The van der Waals surface area contributed by atoms with Gasteiger partial charge in [0.15, 0.2) is 0 Å². The number of benzene rings is 1. The molecule has 0 aliphatic heterocycles. The Labute approximate surface area is 219 Å². The first kappa shape index (κ1) is 32.0. The van der Waals surface area contributed by atoms with Crippen LogP contribution in [0.5, 0.6) is 5.75 Å². The second-order valence-electron chi connectivity index (χ2n) is 7.66. The minimum absolute atomic E-state index is 0.243. The van der Waals surface area contributed by atoms with Crippen molar-refractivity contribution < 1.29 is 38.0 Å². The van der Waals surface area contributed by atoms with E-state index in [2.05, 4.69) is 15.9 Å². The molecule has 0 spiro atoms. The maximum atomic E-state index is 11.9. The molecule has 0 saturated carbocycles. The fourth-order valence-electron chi connectivity index (χ4n) is 2.88. The highest BCUT2D eigenvalue weighted by atomic mass is 79.9. The van der Waals surface area contributed by atoms with Crippen molar-refractivity contribution in [1.82, 2.24) is 0 Å². The van der Waals surface area contributed by atoms with Crippen LogP contribution >= 0.6 is 15.9 Å². The van der Waals surface area contributed by atoms with Gasteiger partial charge in [0.1, 0.15) is 11.5 Å². The summed E-state index contributed by atoms with van der Waals surface area (Å²) in [5.74, 6) is 1.11. The lowest BCUT2D eigenvalue weighted by Crippen LogP contribution is -2.14. The summed E-state index contributed by atoms with van der Waals surface area (Å²) in [5.41, 5.74) is 0. The second kappa shape index (κ2) is 24.6. The van der Waals surface area contributed by atoms with E-state index in [4.69, 9.17) is 33.2 Å². The van der Waals surface area contributed by atoms with E-state index < -0.39 is 0 Å². The van der Waals surface area contributed by atoms with E-state index in [9.17, 15) is 4.79 Å². The standard InChI is InChI=1S/C26H43BrO8/c1-2-29-14-15-31-18-19-33-22-23-34-21-20-32-17-16-30-13-11-25(28)6-4-3-5-12-35-26-9-7-24(27)8-10-26/h7-10H,2-6,11-23H2,1H3. The van der Waals surface area contributed by atoms with Crippen molar-refractivity contribution in [3.63, 3.8) is 0 Å². The normalized spacial score (nSPS) is 11.1. The molecule has 0 unspecified atom stereocenters. The van der Waals surface area contributed by atoms with Gasteiger partial charge in [-0.1, -0.05) is 15.9 Å². The van der Waals surface area contributed by atoms with Crippen LogP contribution in [0.4, 0.5) is 0 Å². The average Bonchev–Trinajstić information content (AvgIpc) is 2.86. The van der Waals surface area contributed by atoms with Gasteiger partial charge in [0.05, 0.1) is 79.3 Å². The zero-order chi connectivity index (χ0) is 25.2. The number of hydrogen-bond donors (Lipinski definition) is 0. The molecule has 0 bridgehead atoms. The Kier molecular flexibility index (Phi) is 22.5. The molecule has 0 fully saturated rings. The highest BCUT2D eigenvalue weighted by molar-refractivity contribution is 9.10. The van der Waals surface area contributed by atoms with Crippen LogP contribution in [0.15, 0.2) is 28.7 Å². The fraction of sp³-hybridized carbons (Fsp3) is 0.731. The Morgan fingerprint density at radius 1 is 0.600 bits per heavy atom. The van der Waals surface area contributed by atoms with E-state index in [0.717, 1.165) is 29.5 Å². The molecule has 9 heteroatoms. The maximum Gasteiger partial charge on any atom is 0.135 e. The Hall–Kier alpha value is -1.07. The topological polar surface area (TPSA) is 81.7 Å². The molecule has 0 heterocycles. The number of carbonyl (C=O) groups excluding carboxylic acids is 1. The van der Waals surface area contributed by atoms with Crippen molar-refractivity contribution in [1.29, 1.82) is 0 Å². The summed E-state index contributed by atoms with van der Waals surface area (Å²) in [6.45, 7) is 9.16. The van der Waals surface area contributed by atoms with E-state index in [1.54, 1.807) is 0 Å². The fourth-order valence-corrected chi connectivity index (χ4v) is 3.14. The van der Waals surface area contributed by atoms with Crippen LogP contribution in [-0.2, 0) is 33.2 Å². The molecular formula is C26H43BrO8. The quantitative estimate of drug-likeness (QED) is 0.153. The van der Waals surface area contributed by atoms with Crippen LogP contribution in [0, 0.1) is 0 Å². The maximum absolute atomic E-state index is 11.9. The predicted molar refractivity (Wildman–Crippen MR) is 138 cm³/mol. The van der Waals surface area contributed by atoms with Crippen LogP contribution in [0.25, 0.3) is 0 Å². The van der Waals surface area contributed by atoms with Gasteiger partial charge in [0.2, 0.25) is 0 Å². The SMILES string of the molecule is CCOCCOCCOCCOCCOCCOCCC(=O)CCCCCOc1ccc(Br)cc1. The van der Waals surface area contributed by atoms with Gasteiger partial charge in [-0.25, -0.2) is 0 Å². The lowest BCUT2D eigenvalue weighted by Gasteiger charge is -2.08. The van der Waals surface area contributed by atoms with Crippen molar-refractivity contribution in [2.24, 2.45) is 0 Å². The van der Waals surface area contributed by atoms with Crippen LogP contribution in [0.2, 0.25) is 0 Å². The van der Waals surface area contributed by atoms with Gasteiger partial charge in [-0.3, -0.25) is 4.79 Å². The number of ketones is 1. The highest BCUT2D eigenvalue weighted by Crippen LogP contribution is 2.16. The van der Waals surface area contributed by atoms with Crippen molar-refractivity contribution in [2.75, 3.05) is 85.9 Å². The molecule has 0 saturated heterocycles. The summed E-state index contributed by atoms with van der Waals surface area (Å²) in [7, 11) is 0. The molecule has 8 nitrogen and oxygen atoms in total. The molecule has 0 radical (unpaired) electrons. The van der Waals surface area contributed by atoms with Crippen LogP contribution in [0.3, 0.4) is 0 Å². The molecule has 1 aromatic carbocycles. The number of unbranched alkanes of at least 4 members (excludes halogenated alkanes) is 2. The third-order valence-electron chi connectivity index (χ3n) is 4.77. The van der Waals surface area contributed by atoms with Crippen LogP contribution in [0.1, 0.15) is 39.0 Å². The van der Waals surface area contributed by atoms with Crippen molar-refractivity contribution >= 4 is 21.7 Å². The Bertz CT molecular complexity index is 600. The van der Waals surface area contributed by atoms with E-state index in [0.29, 0.717) is 98.7 Å². The second-order valence-corrected chi connectivity index (χ2v) is 8.58. The molecule has 0 N–H and O–H groups in total. The summed E-state index contributed by atoms with van der Waals surface area (Å²) in [6.07, 6.45) is 3.86. The molecule has 35 heavy (non-hydrogen) atoms. The Morgan fingerprint density at radius 2 is 1.09 bits per heavy atom. The van der Waals surface area contributed by atoms with Crippen molar-refractivity contribution in [2.45, 2.75) is 39.0 Å². The van der Waals surface area contributed by atoms with Crippen molar-refractivity contribution in [3.8, 4) is 5.75 Å². The molecular weight excluding hydrogens is 520 g/mol. The Balaban J connectivity index is 1.73. The lowest BCUT2D eigenvalue weighted by molar-refractivity contribution is -0.120. The first-order valence-corrected chi connectivity index (χ1v) is 13.4. The molecule has 1 rings (SSSR count). The predicted octanol–water partition coefficient (Wildman–Crippen LogP) is 4.47. The van der Waals surface area contributed by atoms with E-state index in [1.165, 1.54) is 0 Å². The van der Waals surface area contributed by atoms with Gasteiger partial charge < -0.3 is 33.2 Å².